The van der Waals surface area contributed by atoms with Crippen LogP contribution in [0.15, 0.2) is 58.0 Å². The molecule has 7 nitrogen and oxygen atoms in total. The molecule has 1 atom stereocenters. The van der Waals surface area contributed by atoms with E-state index in [2.05, 4.69) is 26.2 Å². The van der Waals surface area contributed by atoms with Crippen LogP contribution in [0.2, 0.25) is 0 Å². The van der Waals surface area contributed by atoms with Crippen molar-refractivity contribution < 1.29 is 17.5 Å². The molecule has 10 heteroatoms. The number of halogens is 2. The van der Waals surface area contributed by atoms with Gasteiger partial charge in [-0.2, -0.15) is 4.31 Å². The fourth-order valence-electron chi connectivity index (χ4n) is 3.13. The van der Waals surface area contributed by atoms with Gasteiger partial charge < -0.3 is 4.74 Å². The smallest absolute Gasteiger partial charge is 0.247 e. The van der Waals surface area contributed by atoms with E-state index in [1.165, 1.54) is 22.5 Å². The second-order valence-electron chi connectivity index (χ2n) is 6.84. The van der Waals surface area contributed by atoms with Crippen molar-refractivity contribution >= 4 is 26.0 Å². The lowest BCUT2D eigenvalue weighted by Crippen LogP contribution is -2.39. The minimum absolute atomic E-state index is 0.0752. The Morgan fingerprint density at radius 3 is 2.72 bits per heavy atom. The number of benzene rings is 2. The summed E-state index contributed by atoms with van der Waals surface area (Å²) in [5.74, 6) is 0.0246. The Kier molecular flexibility index (Phi) is 5.41. The van der Waals surface area contributed by atoms with Crippen molar-refractivity contribution in [3.05, 3.63) is 70.2 Å². The van der Waals surface area contributed by atoms with Gasteiger partial charge in [0.15, 0.2) is 0 Å². The number of aromatic nitrogens is 3. The van der Waals surface area contributed by atoms with Gasteiger partial charge in [-0.1, -0.05) is 33.3 Å². The Morgan fingerprint density at radius 2 is 1.97 bits per heavy atom. The molecule has 0 saturated heterocycles. The minimum Gasteiger partial charge on any atom is -0.490 e. The molecule has 0 spiro atoms. The number of nitrogens with zero attached hydrogens (tertiary/aromatic N) is 4. The van der Waals surface area contributed by atoms with E-state index in [-0.39, 0.29) is 29.9 Å². The van der Waals surface area contributed by atoms with Crippen molar-refractivity contribution in [2.45, 2.75) is 31.0 Å². The third-order valence-electron chi connectivity index (χ3n) is 4.63. The van der Waals surface area contributed by atoms with E-state index in [0.717, 1.165) is 10.0 Å². The first-order chi connectivity index (χ1) is 13.8. The highest BCUT2D eigenvalue weighted by Crippen LogP contribution is 2.34. The average molecular weight is 481 g/mol. The fourth-order valence-corrected chi connectivity index (χ4v) is 5.17. The van der Waals surface area contributed by atoms with Crippen LogP contribution < -0.4 is 4.74 Å². The van der Waals surface area contributed by atoms with Crippen molar-refractivity contribution in [3.63, 3.8) is 0 Å². The molecule has 0 unspecified atom stereocenters. The number of sulfonamides is 1. The molecule has 2 heterocycles. The standard InChI is InChI=1S/C19H18BrFN4O3S/c1-13-12-28-18-8-15(20)4-7-19(18)29(26,27)25(13)11-17-10-24(23-22-17)9-14-2-5-16(21)6-3-14/h2-8,10,13H,9,11-12H2,1H3/t13-/m1/s1. The monoisotopic (exact) mass is 480 g/mol. The normalized spacial score (nSPS) is 18.7. The SMILES string of the molecule is C[C@@H]1COc2cc(Br)ccc2S(=O)(=O)N1Cc1cn(Cc2ccc(F)cc2)nn1. The molecule has 1 aliphatic rings. The molecule has 3 aromatic rings. The van der Waals surface area contributed by atoms with Gasteiger partial charge in [0.25, 0.3) is 0 Å². The number of rotatable bonds is 4. The van der Waals surface area contributed by atoms with E-state index < -0.39 is 10.0 Å². The van der Waals surface area contributed by atoms with Gasteiger partial charge in [-0.15, -0.1) is 5.10 Å². The summed E-state index contributed by atoms with van der Waals surface area (Å²) in [6.07, 6.45) is 1.69. The van der Waals surface area contributed by atoms with Crippen molar-refractivity contribution in [2.24, 2.45) is 0 Å². The molecular formula is C19H18BrFN4O3S. The number of hydrogen-bond donors (Lipinski definition) is 0. The first-order valence-electron chi connectivity index (χ1n) is 8.90. The number of hydrogen-bond acceptors (Lipinski definition) is 5. The van der Waals surface area contributed by atoms with Crippen LogP contribution in [-0.2, 0) is 23.1 Å². The highest BCUT2D eigenvalue weighted by molar-refractivity contribution is 9.10. The van der Waals surface area contributed by atoms with Gasteiger partial charge >= 0.3 is 0 Å². The topological polar surface area (TPSA) is 77.3 Å². The Hall–Kier alpha value is -2.30. The van der Waals surface area contributed by atoms with Gasteiger partial charge in [-0.3, -0.25) is 0 Å². The quantitative estimate of drug-likeness (QED) is 0.572. The second kappa shape index (κ2) is 7.85. The molecule has 29 heavy (non-hydrogen) atoms. The predicted molar refractivity (Wildman–Crippen MR) is 107 cm³/mol. The zero-order valence-corrected chi connectivity index (χ0v) is 17.9. The maximum Gasteiger partial charge on any atom is 0.247 e. The summed E-state index contributed by atoms with van der Waals surface area (Å²) in [5.41, 5.74) is 1.38. The summed E-state index contributed by atoms with van der Waals surface area (Å²) < 4.78 is 48.9. The third kappa shape index (κ3) is 4.19. The van der Waals surface area contributed by atoms with Crippen molar-refractivity contribution in [1.82, 2.24) is 19.3 Å². The maximum atomic E-state index is 13.2. The lowest BCUT2D eigenvalue weighted by Gasteiger charge is -2.24. The Balaban J connectivity index is 1.57. The molecule has 152 valence electrons. The first kappa shape index (κ1) is 20.0. The van der Waals surface area contributed by atoms with Gasteiger partial charge in [0.1, 0.15) is 23.1 Å². The van der Waals surface area contributed by atoms with Gasteiger partial charge in [0, 0.05) is 4.47 Å². The average Bonchev–Trinajstić information content (AvgIpc) is 3.09. The van der Waals surface area contributed by atoms with E-state index in [0.29, 0.717) is 18.0 Å². The molecular weight excluding hydrogens is 463 g/mol. The van der Waals surface area contributed by atoms with E-state index in [1.54, 1.807) is 42.1 Å². The van der Waals surface area contributed by atoms with E-state index >= 15 is 0 Å². The van der Waals surface area contributed by atoms with E-state index in [4.69, 9.17) is 4.74 Å². The fraction of sp³-hybridized carbons (Fsp3) is 0.263. The predicted octanol–water partition coefficient (Wildman–Crippen LogP) is 3.20. The van der Waals surface area contributed by atoms with Crippen LogP contribution >= 0.6 is 15.9 Å². The van der Waals surface area contributed by atoms with Crippen LogP contribution in [0.4, 0.5) is 4.39 Å². The zero-order chi connectivity index (χ0) is 20.6. The van der Waals surface area contributed by atoms with Gasteiger partial charge in [-0.25, -0.2) is 17.5 Å². The maximum absolute atomic E-state index is 13.2. The Labute approximate surface area is 176 Å². The highest BCUT2D eigenvalue weighted by Gasteiger charge is 2.35. The summed E-state index contributed by atoms with van der Waals surface area (Å²) in [6.45, 7) is 2.51. The summed E-state index contributed by atoms with van der Waals surface area (Å²) in [5, 5.41) is 8.17. The van der Waals surface area contributed by atoms with E-state index in [1.807, 2.05) is 0 Å². The largest absolute Gasteiger partial charge is 0.490 e. The van der Waals surface area contributed by atoms with Gasteiger partial charge in [0.05, 0.1) is 31.0 Å². The molecule has 0 radical (unpaired) electrons. The van der Waals surface area contributed by atoms with Crippen molar-refractivity contribution in [1.29, 1.82) is 0 Å². The first-order valence-corrected chi connectivity index (χ1v) is 11.1. The molecule has 0 bridgehead atoms. The molecule has 0 N–H and O–H groups in total. The number of fused-ring (bicyclic) bond motifs is 1. The van der Waals surface area contributed by atoms with E-state index in [9.17, 15) is 12.8 Å². The Bertz CT molecular complexity index is 1130. The van der Waals surface area contributed by atoms with Crippen LogP contribution in [0.1, 0.15) is 18.2 Å². The molecule has 0 saturated carbocycles. The van der Waals surface area contributed by atoms with Crippen LogP contribution in [0.5, 0.6) is 5.75 Å². The third-order valence-corrected chi connectivity index (χ3v) is 7.12. The van der Waals surface area contributed by atoms with Crippen molar-refractivity contribution in [2.75, 3.05) is 6.61 Å². The number of ether oxygens (including phenoxy) is 1. The molecule has 4 rings (SSSR count). The molecule has 0 amide bonds. The van der Waals surface area contributed by atoms with Gasteiger partial charge in [0.2, 0.25) is 10.0 Å². The minimum atomic E-state index is -3.77. The summed E-state index contributed by atoms with van der Waals surface area (Å²) in [6, 6.07) is 10.6. The summed E-state index contributed by atoms with van der Waals surface area (Å²) >= 11 is 3.34. The Morgan fingerprint density at radius 1 is 1.21 bits per heavy atom. The summed E-state index contributed by atoms with van der Waals surface area (Å²) in [4.78, 5) is 0.128. The molecule has 1 aliphatic heterocycles. The van der Waals surface area contributed by atoms with Crippen LogP contribution in [0.25, 0.3) is 0 Å². The molecule has 0 aliphatic carbocycles. The van der Waals surface area contributed by atoms with Crippen LogP contribution in [0.3, 0.4) is 0 Å². The van der Waals surface area contributed by atoms with Crippen LogP contribution in [0, 0.1) is 5.82 Å². The summed E-state index contributed by atoms with van der Waals surface area (Å²) in [7, 11) is -3.77. The molecule has 2 aromatic carbocycles. The van der Waals surface area contributed by atoms with Crippen LogP contribution in [-0.4, -0.2) is 40.4 Å². The van der Waals surface area contributed by atoms with Crippen molar-refractivity contribution in [3.8, 4) is 5.75 Å². The lowest BCUT2D eigenvalue weighted by molar-refractivity contribution is 0.219. The lowest BCUT2D eigenvalue weighted by atomic mass is 10.2. The zero-order valence-electron chi connectivity index (χ0n) is 15.5. The second-order valence-corrected chi connectivity index (χ2v) is 9.61. The molecule has 0 fully saturated rings. The highest BCUT2D eigenvalue weighted by atomic mass is 79.9. The molecule has 1 aromatic heterocycles. The van der Waals surface area contributed by atoms with Gasteiger partial charge in [-0.05, 0) is 42.8 Å².